The van der Waals surface area contributed by atoms with Crippen LogP contribution in [0.25, 0.3) is 11.0 Å². The van der Waals surface area contributed by atoms with Crippen LogP contribution in [-0.4, -0.2) is 32.9 Å². The maximum atomic E-state index is 13.5. The second kappa shape index (κ2) is 9.80. The van der Waals surface area contributed by atoms with E-state index in [2.05, 4.69) is 15.3 Å². The van der Waals surface area contributed by atoms with Gasteiger partial charge in [0.1, 0.15) is 17.1 Å². The van der Waals surface area contributed by atoms with E-state index in [-0.39, 0.29) is 17.7 Å². The van der Waals surface area contributed by atoms with Crippen LogP contribution in [-0.2, 0) is 4.79 Å². The number of ether oxygens (including phenoxy) is 1. The highest BCUT2D eigenvalue weighted by Gasteiger charge is 2.27. The van der Waals surface area contributed by atoms with Crippen molar-refractivity contribution in [2.45, 2.75) is 31.7 Å². The number of benzene rings is 2. The summed E-state index contributed by atoms with van der Waals surface area (Å²) in [5.74, 6) is -0.0227. The van der Waals surface area contributed by atoms with Crippen LogP contribution in [0, 0.1) is 5.92 Å². The average Bonchev–Trinajstić information content (AvgIpc) is 3.30. The number of aliphatic carboxylic acids is 1. The van der Waals surface area contributed by atoms with Crippen molar-refractivity contribution < 1.29 is 19.4 Å². The number of anilines is 1. The lowest BCUT2D eigenvalue weighted by Crippen LogP contribution is -2.29. The fourth-order valence-corrected chi connectivity index (χ4v) is 4.83. The Morgan fingerprint density at radius 2 is 1.77 bits per heavy atom. The second-order valence-corrected chi connectivity index (χ2v) is 9.11. The van der Waals surface area contributed by atoms with Gasteiger partial charge in [0.05, 0.1) is 21.9 Å². The lowest BCUT2D eigenvalue weighted by atomic mass is 9.86. The Hall–Kier alpha value is -3.84. The number of carbonyl (C=O) groups excluding carboxylic acids is 1. The molecule has 1 aliphatic carbocycles. The average molecular weight is 490 g/mol. The highest BCUT2D eigenvalue weighted by atomic mass is 35.5. The van der Waals surface area contributed by atoms with E-state index < -0.39 is 5.97 Å². The molecule has 0 radical (unpaired) electrons. The summed E-state index contributed by atoms with van der Waals surface area (Å²) in [6.45, 7) is 0. The Morgan fingerprint density at radius 1 is 1.00 bits per heavy atom. The zero-order valence-electron chi connectivity index (χ0n) is 18.8. The largest absolute Gasteiger partial charge is 0.481 e. The first-order chi connectivity index (χ1) is 17.0. The second-order valence-electron chi connectivity index (χ2n) is 8.70. The minimum Gasteiger partial charge on any atom is -0.481 e. The quantitative estimate of drug-likeness (QED) is 0.263. The molecular weight excluding hydrogens is 466 g/mol. The number of H-pyrrole nitrogens is 1. The first kappa shape index (κ1) is 22.9. The summed E-state index contributed by atoms with van der Waals surface area (Å²) in [7, 11) is 0. The number of hydrogen-bond acceptors (Lipinski definition) is 5. The van der Waals surface area contributed by atoms with Crippen molar-refractivity contribution in [3.63, 3.8) is 0 Å². The maximum Gasteiger partial charge on any atom is 0.306 e. The van der Waals surface area contributed by atoms with Crippen LogP contribution in [0.2, 0.25) is 5.02 Å². The summed E-state index contributed by atoms with van der Waals surface area (Å²) in [5.41, 5.74) is 2.22. The van der Waals surface area contributed by atoms with E-state index in [1.807, 2.05) is 36.4 Å². The van der Waals surface area contributed by atoms with Crippen molar-refractivity contribution in [1.29, 1.82) is 0 Å². The van der Waals surface area contributed by atoms with E-state index in [1.54, 1.807) is 30.6 Å². The first-order valence-corrected chi connectivity index (χ1v) is 11.9. The fourth-order valence-electron chi connectivity index (χ4n) is 4.57. The van der Waals surface area contributed by atoms with Crippen LogP contribution in [0.1, 0.15) is 41.6 Å². The van der Waals surface area contributed by atoms with Gasteiger partial charge in [0, 0.05) is 35.8 Å². The minimum atomic E-state index is -0.731. The molecule has 2 heterocycles. The van der Waals surface area contributed by atoms with Gasteiger partial charge in [-0.1, -0.05) is 29.8 Å². The number of pyridine rings is 1. The van der Waals surface area contributed by atoms with Gasteiger partial charge in [-0.05, 0) is 56.0 Å². The van der Waals surface area contributed by atoms with Crippen LogP contribution in [0.5, 0.6) is 11.5 Å². The van der Waals surface area contributed by atoms with Gasteiger partial charge in [-0.2, -0.15) is 0 Å². The number of halogens is 1. The molecule has 2 aromatic carbocycles. The van der Waals surface area contributed by atoms with Crippen LogP contribution in [0.4, 0.5) is 5.69 Å². The fraction of sp³-hybridized carbons (Fsp3) is 0.222. The van der Waals surface area contributed by atoms with Crippen molar-refractivity contribution in [1.82, 2.24) is 9.97 Å². The molecule has 0 aliphatic heterocycles. The monoisotopic (exact) mass is 489 g/mol. The molecule has 5 rings (SSSR count). The summed E-state index contributed by atoms with van der Waals surface area (Å²) >= 11 is 6.50. The number of para-hydroxylation sites is 1. The van der Waals surface area contributed by atoms with Gasteiger partial charge in [-0.3, -0.25) is 9.59 Å². The lowest BCUT2D eigenvalue weighted by molar-refractivity contribution is -0.142. The zero-order chi connectivity index (χ0) is 24.4. The van der Waals surface area contributed by atoms with E-state index in [1.165, 1.54) is 0 Å². The molecule has 0 spiro atoms. The number of nitrogens with zero attached hydrogens (tertiary/aromatic N) is 1. The van der Waals surface area contributed by atoms with Gasteiger partial charge >= 0.3 is 5.97 Å². The summed E-state index contributed by atoms with van der Waals surface area (Å²) in [5, 5.41) is 13.8. The number of carboxylic acids is 1. The molecule has 0 saturated heterocycles. The van der Waals surface area contributed by atoms with Gasteiger partial charge in [-0.15, -0.1) is 0 Å². The van der Waals surface area contributed by atoms with Crippen LogP contribution >= 0.6 is 11.6 Å². The molecule has 178 valence electrons. The third-order valence-corrected chi connectivity index (χ3v) is 6.73. The number of rotatable bonds is 7. The van der Waals surface area contributed by atoms with E-state index in [0.717, 1.165) is 18.5 Å². The van der Waals surface area contributed by atoms with Crippen LogP contribution < -0.4 is 10.1 Å². The van der Waals surface area contributed by atoms with Gasteiger partial charge in [0.15, 0.2) is 5.78 Å². The molecule has 7 nitrogen and oxygen atoms in total. The van der Waals surface area contributed by atoms with Crippen molar-refractivity contribution in [2.75, 3.05) is 5.32 Å². The highest BCUT2D eigenvalue weighted by Crippen LogP contribution is 2.34. The summed E-state index contributed by atoms with van der Waals surface area (Å²) in [6, 6.07) is 16.3. The minimum absolute atomic E-state index is 0.132. The SMILES string of the molecule is O=C(c1ccc(Oc2ccccc2)cc1Cl)c1c[nH]c2nccc(N[C@H]3CC[C@H](C(=O)O)CC3)c12. The molecule has 1 fully saturated rings. The number of nitrogens with one attached hydrogen (secondary N) is 2. The van der Waals surface area contributed by atoms with E-state index >= 15 is 0 Å². The molecule has 2 aromatic heterocycles. The summed E-state index contributed by atoms with van der Waals surface area (Å²) in [4.78, 5) is 32.2. The third kappa shape index (κ3) is 4.86. The Kier molecular flexibility index (Phi) is 6.42. The number of ketones is 1. The molecule has 1 aliphatic rings. The predicted octanol–water partition coefficient (Wildman–Crippen LogP) is 6.29. The summed E-state index contributed by atoms with van der Waals surface area (Å²) in [6.07, 6.45) is 6.10. The molecule has 8 heteroatoms. The van der Waals surface area contributed by atoms with Gasteiger partial charge in [0.25, 0.3) is 0 Å². The van der Waals surface area contributed by atoms with Crippen molar-refractivity contribution >= 4 is 40.1 Å². The highest BCUT2D eigenvalue weighted by molar-refractivity contribution is 6.35. The summed E-state index contributed by atoms with van der Waals surface area (Å²) < 4.78 is 5.82. The van der Waals surface area contributed by atoms with Crippen LogP contribution in [0.15, 0.2) is 67.0 Å². The van der Waals surface area contributed by atoms with Gasteiger partial charge in [0.2, 0.25) is 0 Å². The predicted molar refractivity (Wildman–Crippen MR) is 134 cm³/mol. The normalized spacial score (nSPS) is 17.7. The molecule has 0 amide bonds. The molecule has 35 heavy (non-hydrogen) atoms. The Morgan fingerprint density at radius 3 is 2.49 bits per heavy atom. The van der Waals surface area contributed by atoms with Gasteiger partial charge < -0.3 is 20.1 Å². The van der Waals surface area contributed by atoms with Gasteiger partial charge in [-0.25, -0.2) is 4.98 Å². The molecule has 0 unspecified atom stereocenters. The molecule has 4 aromatic rings. The molecular formula is C27H24ClN3O4. The number of hydrogen-bond donors (Lipinski definition) is 3. The number of fused-ring (bicyclic) bond motifs is 1. The van der Waals surface area contributed by atoms with E-state index in [0.29, 0.717) is 51.5 Å². The molecule has 0 bridgehead atoms. The van der Waals surface area contributed by atoms with E-state index in [9.17, 15) is 14.7 Å². The smallest absolute Gasteiger partial charge is 0.306 e. The lowest BCUT2D eigenvalue weighted by Gasteiger charge is -2.28. The number of carboxylic acid groups (broad SMARTS) is 1. The standard InChI is InChI=1S/C27H24ClN3O4/c28-22-14-19(35-18-4-2-1-3-5-18)10-11-20(22)25(32)21-15-30-26-24(21)23(12-13-29-26)31-17-8-6-16(7-9-17)27(33)34/h1-5,10-17H,6-9H2,(H,33,34)(H2,29,30,31)/t16-,17-. The van der Waals surface area contributed by atoms with Crippen LogP contribution in [0.3, 0.4) is 0 Å². The number of aromatic amines is 1. The molecule has 1 saturated carbocycles. The van der Waals surface area contributed by atoms with Crippen molar-refractivity contribution in [3.05, 3.63) is 83.1 Å². The molecule has 3 N–H and O–H groups in total. The Labute approximate surface area is 207 Å². The Balaban J connectivity index is 1.39. The topological polar surface area (TPSA) is 104 Å². The van der Waals surface area contributed by atoms with Crippen molar-refractivity contribution in [3.8, 4) is 11.5 Å². The third-order valence-electron chi connectivity index (χ3n) is 6.42. The van der Waals surface area contributed by atoms with Crippen molar-refractivity contribution in [2.24, 2.45) is 5.92 Å². The first-order valence-electron chi connectivity index (χ1n) is 11.5. The number of carbonyl (C=O) groups is 2. The zero-order valence-corrected chi connectivity index (χ0v) is 19.6. The molecule has 0 atom stereocenters. The Bertz CT molecular complexity index is 1380. The number of aromatic nitrogens is 2. The van der Waals surface area contributed by atoms with E-state index in [4.69, 9.17) is 16.3 Å². The maximum absolute atomic E-state index is 13.5.